The van der Waals surface area contributed by atoms with Crippen LogP contribution in [-0.4, -0.2) is 49.6 Å². The fraction of sp³-hybridized carbons (Fsp3) is 0.579. The van der Waals surface area contributed by atoms with Crippen molar-refractivity contribution in [2.24, 2.45) is 0 Å². The van der Waals surface area contributed by atoms with Crippen LogP contribution >= 0.6 is 0 Å². The number of carbonyl (C=O) groups is 2. The smallest absolute Gasteiger partial charge is 0.253 e. The lowest BCUT2D eigenvalue weighted by molar-refractivity contribution is -0.117. The molecule has 1 unspecified atom stereocenters. The second kappa shape index (κ2) is 7.79. The molecule has 1 atom stereocenters. The second-order valence-corrected chi connectivity index (χ2v) is 6.70. The number of carbonyl (C=O) groups excluding carboxylic acids is 2. The van der Waals surface area contributed by atoms with Gasteiger partial charge in [0.05, 0.1) is 6.10 Å². The maximum Gasteiger partial charge on any atom is 0.253 e. The average molecular weight is 330 g/mol. The van der Waals surface area contributed by atoms with E-state index in [0.29, 0.717) is 18.5 Å². The quantitative estimate of drug-likeness (QED) is 0.834. The Bertz CT molecular complexity index is 596. The highest BCUT2D eigenvalue weighted by Gasteiger charge is 2.23. The van der Waals surface area contributed by atoms with Gasteiger partial charge >= 0.3 is 0 Å². The van der Waals surface area contributed by atoms with Gasteiger partial charge in [-0.15, -0.1) is 0 Å². The van der Waals surface area contributed by atoms with Gasteiger partial charge in [0.1, 0.15) is 0 Å². The Kier molecular flexibility index (Phi) is 5.51. The molecule has 5 nitrogen and oxygen atoms in total. The molecule has 0 N–H and O–H groups in total. The van der Waals surface area contributed by atoms with Gasteiger partial charge < -0.3 is 14.5 Å². The molecule has 2 aliphatic rings. The van der Waals surface area contributed by atoms with Crippen molar-refractivity contribution in [3.63, 3.8) is 0 Å². The summed E-state index contributed by atoms with van der Waals surface area (Å²) in [6.45, 7) is 2.27. The van der Waals surface area contributed by atoms with Crippen LogP contribution in [0.3, 0.4) is 0 Å². The molecule has 0 radical (unpaired) electrons. The first kappa shape index (κ1) is 17.0. The molecule has 1 aromatic rings. The van der Waals surface area contributed by atoms with Gasteiger partial charge in [0.25, 0.3) is 5.91 Å². The highest BCUT2D eigenvalue weighted by Crippen LogP contribution is 2.23. The molecule has 2 fully saturated rings. The fourth-order valence-corrected chi connectivity index (χ4v) is 3.42. The van der Waals surface area contributed by atoms with E-state index in [2.05, 4.69) is 0 Å². The fourth-order valence-electron chi connectivity index (χ4n) is 3.42. The zero-order valence-electron chi connectivity index (χ0n) is 14.4. The summed E-state index contributed by atoms with van der Waals surface area (Å²) in [5.41, 5.74) is 1.46. The van der Waals surface area contributed by atoms with Gasteiger partial charge in [-0.05, 0) is 50.3 Å². The summed E-state index contributed by atoms with van der Waals surface area (Å²) in [6.07, 6.45) is 6.10. The van der Waals surface area contributed by atoms with Gasteiger partial charge in [-0.25, -0.2) is 0 Å². The first-order valence-corrected chi connectivity index (χ1v) is 8.92. The standard InChI is InChI=1S/C19H26N2O3/c1-20(12-10-17-8-2-3-13-24-17)19(23)15-6-4-7-16(14-15)21-11-5-9-18(21)22/h4,6-7,14,17H,2-3,5,8-13H2,1H3. The van der Waals surface area contributed by atoms with E-state index < -0.39 is 0 Å². The van der Waals surface area contributed by atoms with Crippen molar-refractivity contribution in [3.8, 4) is 0 Å². The van der Waals surface area contributed by atoms with Crippen LogP contribution in [0.4, 0.5) is 5.69 Å². The molecular weight excluding hydrogens is 304 g/mol. The van der Waals surface area contributed by atoms with Crippen molar-refractivity contribution in [3.05, 3.63) is 29.8 Å². The number of nitrogens with zero attached hydrogens (tertiary/aromatic N) is 2. The van der Waals surface area contributed by atoms with Crippen LogP contribution in [0.15, 0.2) is 24.3 Å². The molecular formula is C19H26N2O3. The van der Waals surface area contributed by atoms with Crippen LogP contribution in [0.2, 0.25) is 0 Å². The Morgan fingerprint density at radius 1 is 1.33 bits per heavy atom. The van der Waals surface area contributed by atoms with E-state index in [4.69, 9.17) is 4.74 Å². The number of rotatable bonds is 5. The van der Waals surface area contributed by atoms with Gasteiger partial charge in [-0.2, -0.15) is 0 Å². The Balaban J connectivity index is 1.60. The van der Waals surface area contributed by atoms with Gasteiger partial charge in [-0.3, -0.25) is 9.59 Å². The topological polar surface area (TPSA) is 49.9 Å². The van der Waals surface area contributed by atoms with Crippen LogP contribution in [0.1, 0.15) is 48.9 Å². The largest absolute Gasteiger partial charge is 0.378 e. The minimum Gasteiger partial charge on any atom is -0.378 e. The number of benzene rings is 1. The lowest BCUT2D eigenvalue weighted by Gasteiger charge is -2.25. The molecule has 5 heteroatoms. The normalized spacial score (nSPS) is 21.1. The highest BCUT2D eigenvalue weighted by atomic mass is 16.5. The summed E-state index contributed by atoms with van der Waals surface area (Å²) < 4.78 is 5.73. The van der Waals surface area contributed by atoms with E-state index in [1.54, 1.807) is 9.80 Å². The lowest BCUT2D eigenvalue weighted by Crippen LogP contribution is -2.31. The van der Waals surface area contributed by atoms with Crippen LogP contribution in [0, 0.1) is 0 Å². The van der Waals surface area contributed by atoms with Crippen molar-refractivity contribution >= 4 is 17.5 Å². The van der Waals surface area contributed by atoms with Crippen LogP contribution in [0.5, 0.6) is 0 Å². The molecule has 1 aromatic carbocycles. The number of hydrogen-bond donors (Lipinski definition) is 0. The van der Waals surface area contributed by atoms with Crippen LogP contribution in [0.25, 0.3) is 0 Å². The summed E-state index contributed by atoms with van der Waals surface area (Å²) in [6, 6.07) is 7.40. The van der Waals surface area contributed by atoms with Gasteiger partial charge in [0.2, 0.25) is 5.91 Å². The van der Waals surface area contributed by atoms with Gasteiger partial charge in [0, 0.05) is 44.4 Å². The Morgan fingerprint density at radius 2 is 2.21 bits per heavy atom. The predicted octanol–water partition coefficient (Wildman–Crippen LogP) is 2.84. The molecule has 0 spiro atoms. The van der Waals surface area contributed by atoms with Crippen molar-refractivity contribution in [1.82, 2.24) is 4.90 Å². The van der Waals surface area contributed by atoms with Gasteiger partial charge in [0.15, 0.2) is 0 Å². The van der Waals surface area contributed by atoms with Gasteiger partial charge in [-0.1, -0.05) is 6.07 Å². The summed E-state index contributed by atoms with van der Waals surface area (Å²) in [5, 5.41) is 0. The average Bonchev–Trinajstić information content (AvgIpc) is 3.06. The Hall–Kier alpha value is -1.88. The molecule has 2 amide bonds. The zero-order chi connectivity index (χ0) is 16.9. The summed E-state index contributed by atoms with van der Waals surface area (Å²) in [5.74, 6) is 0.140. The van der Waals surface area contributed by atoms with Crippen molar-refractivity contribution < 1.29 is 14.3 Å². The second-order valence-electron chi connectivity index (χ2n) is 6.70. The van der Waals surface area contributed by atoms with Crippen LogP contribution < -0.4 is 4.90 Å². The molecule has 0 aliphatic carbocycles. The molecule has 0 saturated carbocycles. The summed E-state index contributed by atoms with van der Waals surface area (Å²) in [7, 11) is 1.83. The number of anilines is 1. The van der Waals surface area contributed by atoms with Crippen LogP contribution in [-0.2, 0) is 9.53 Å². The molecule has 2 aliphatic heterocycles. The first-order chi connectivity index (χ1) is 11.6. The molecule has 2 saturated heterocycles. The van der Waals surface area contributed by atoms with E-state index >= 15 is 0 Å². The molecule has 130 valence electrons. The monoisotopic (exact) mass is 330 g/mol. The molecule has 0 bridgehead atoms. The lowest BCUT2D eigenvalue weighted by atomic mass is 10.1. The van der Waals surface area contributed by atoms with Crippen molar-refractivity contribution in [1.29, 1.82) is 0 Å². The Morgan fingerprint density at radius 3 is 2.92 bits per heavy atom. The van der Waals surface area contributed by atoms with E-state index in [9.17, 15) is 9.59 Å². The third kappa shape index (κ3) is 3.96. The maximum atomic E-state index is 12.6. The molecule has 0 aromatic heterocycles. The first-order valence-electron chi connectivity index (χ1n) is 8.92. The van der Waals surface area contributed by atoms with E-state index in [-0.39, 0.29) is 17.9 Å². The number of hydrogen-bond acceptors (Lipinski definition) is 3. The number of ether oxygens (including phenoxy) is 1. The minimum atomic E-state index is -0.000643. The maximum absolute atomic E-state index is 12.6. The minimum absolute atomic E-state index is 0.000643. The van der Waals surface area contributed by atoms with E-state index in [1.807, 2.05) is 31.3 Å². The van der Waals surface area contributed by atoms with E-state index in [1.165, 1.54) is 6.42 Å². The molecule has 24 heavy (non-hydrogen) atoms. The van der Waals surface area contributed by atoms with Crippen molar-refractivity contribution in [2.75, 3.05) is 31.6 Å². The SMILES string of the molecule is CN(CCC1CCCCO1)C(=O)c1cccc(N2CCCC2=O)c1. The third-order valence-corrected chi connectivity index (χ3v) is 4.89. The van der Waals surface area contributed by atoms with Crippen molar-refractivity contribution in [2.45, 2.75) is 44.6 Å². The highest BCUT2D eigenvalue weighted by molar-refractivity contribution is 5.98. The summed E-state index contributed by atoms with van der Waals surface area (Å²) >= 11 is 0. The summed E-state index contributed by atoms with van der Waals surface area (Å²) in [4.78, 5) is 28.1. The van der Waals surface area contributed by atoms with E-state index in [0.717, 1.165) is 44.5 Å². The molecule has 3 rings (SSSR count). The Labute approximate surface area is 143 Å². The molecule has 2 heterocycles. The number of amides is 2. The zero-order valence-corrected chi connectivity index (χ0v) is 14.4. The third-order valence-electron chi connectivity index (χ3n) is 4.89. The predicted molar refractivity (Wildman–Crippen MR) is 93.2 cm³/mol.